The van der Waals surface area contributed by atoms with Crippen LogP contribution < -0.4 is 5.32 Å². The van der Waals surface area contributed by atoms with Crippen molar-refractivity contribution in [3.05, 3.63) is 35.9 Å². The topological polar surface area (TPSA) is 69.6 Å². The zero-order valence-corrected chi connectivity index (χ0v) is 11.0. The average molecular weight is 280 g/mol. The van der Waals surface area contributed by atoms with Crippen LogP contribution in [0.25, 0.3) is 0 Å². The maximum atomic E-state index is 13.2. The zero-order valence-electron chi connectivity index (χ0n) is 11.0. The van der Waals surface area contributed by atoms with Gasteiger partial charge >= 0.3 is 6.09 Å². The number of likely N-dealkylation sites (tertiary alicyclic amines) is 1. The lowest BCUT2D eigenvalue weighted by atomic mass is 10.1. The number of hydrogen-bond acceptors (Lipinski definition) is 2. The molecule has 1 heterocycles. The van der Waals surface area contributed by atoms with E-state index < -0.39 is 24.2 Å². The van der Waals surface area contributed by atoms with Gasteiger partial charge < -0.3 is 10.4 Å². The van der Waals surface area contributed by atoms with Crippen LogP contribution >= 0.6 is 0 Å². The van der Waals surface area contributed by atoms with Crippen molar-refractivity contribution in [3.8, 4) is 0 Å². The summed E-state index contributed by atoms with van der Waals surface area (Å²) in [5, 5.41) is 11.6. The fourth-order valence-corrected chi connectivity index (χ4v) is 2.34. The predicted molar refractivity (Wildman–Crippen MR) is 71.2 cm³/mol. The molecule has 1 aliphatic heterocycles. The molecule has 5 nitrogen and oxygen atoms in total. The number of alkyl halides is 1. The maximum absolute atomic E-state index is 13.2. The molecule has 2 N–H and O–H groups in total. The minimum atomic E-state index is -1.27. The molecule has 0 unspecified atom stereocenters. The lowest BCUT2D eigenvalue weighted by molar-refractivity contribution is -0.125. The van der Waals surface area contributed by atoms with Crippen LogP contribution in [0.5, 0.6) is 0 Å². The Kier molecular flexibility index (Phi) is 4.55. The minimum absolute atomic E-state index is 0.0660. The van der Waals surface area contributed by atoms with Gasteiger partial charge in [0.1, 0.15) is 12.2 Å². The molecule has 108 valence electrons. The van der Waals surface area contributed by atoms with Gasteiger partial charge in [-0.25, -0.2) is 9.18 Å². The summed E-state index contributed by atoms with van der Waals surface area (Å²) >= 11 is 0. The van der Waals surface area contributed by atoms with Crippen molar-refractivity contribution in [1.82, 2.24) is 10.2 Å². The van der Waals surface area contributed by atoms with Crippen molar-refractivity contribution in [2.45, 2.75) is 25.1 Å². The Bertz CT molecular complexity index is 481. The number of benzene rings is 1. The van der Waals surface area contributed by atoms with Gasteiger partial charge in [-0.1, -0.05) is 30.3 Å². The second-order valence-corrected chi connectivity index (χ2v) is 4.81. The Morgan fingerprint density at radius 3 is 2.70 bits per heavy atom. The predicted octanol–water partition coefficient (Wildman–Crippen LogP) is 1.44. The van der Waals surface area contributed by atoms with Crippen LogP contribution in [0.3, 0.4) is 0 Å². The molecule has 2 atom stereocenters. The number of rotatable bonds is 4. The molecule has 0 radical (unpaired) electrons. The largest absolute Gasteiger partial charge is 0.465 e. The summed E-state index contributed by atoms with van der Waals surface area (Å²) in [6, 6.07) is 8.71. The van der Waals surface area contributed by atoms with E-state index in [9.17, 15) is 14.0 Å². The number of hydrogen-bond donors (Lipinski definition) is 2. The van der Waals surface area contributed by atoms with Gasteiger partial charge in [0, 0.05) is 13.0 Å². The second-order valence-electron chi connectivity index (χ2n) is 4.81. The summed E-state index contributed by atoms with van der Waals surface area (Å²) < 4.78 is 13.2. The lowest BCUT2D eigenvalue weighted by Crippen LogP contribution is -2.45. The average Bonchev–Trinajstić information content (AvgIpc) is 2.82. The van der Waals surface area contributed by atoms with E-state index in [2.05, 4.69) is 5.32 Å². The van der Waals surface area contributed by atoms with Gasteiger partial charge in [-0.05, 0) is 12.0 Å². The molecular formula is C14H17FN2O3. The van der Waals surface area contributed by atoms with Crippen LogP contribution in [0.1, 0.15) is 12.0 Å². The van der Waals surface area contributed by atoms with Crippen LogP contribution in [0.15, 0.2) is 30.3 Å². The summed E-state index contributed by atoms with van der Waals surface area (Å²) in [6.07, 6.45) is -1.93. The number of amides is 2. The minimum Gasteiger partial charge on any atom is -0.465 e. The van der Waals surface area contributed by atoms with Gasteiger partial charge in [0.05, 0.1) is 6.54 Å². The molecule has 6 heteroatoms. The number of nitrogens with zero attached hydrogens (tertiary/aromatic N) is 1. The molecule has 1 aliphatic rings. The smallest absolute Gasteiger partial charge is 0.408 e. The third-order valence-corrected chi connectivity index (χ3v) is 3.35. The molecule has 0 saturated carbocycles. The molecule has 20 heavy (non-hydrogen) atoms. The lowest BCUT2D eigenvalue weighted by Gasteiger charge is -2.20. The molecular weight excluding hydrogens is 263 g/mol. The van der Waals surface area contributed by atoms with Gasteiger partial charge in [-0.2, -0.15) is 0 Å². The Labute approximate surface area is 116 Å². The van der Waals surface area contributed by atoms with E-state index in [1.54, 1.807) is 0 Å². The maximum Gasteiger partial charge on any atom is 0.408 e. The van der Waals surface area contributed by atoms with Crippen molar-refractivity contribution in [3.63, 3.8) is 0 Å². The highest BCUT2D eigenvalue weighted by atomic mass is 19.1. The van der Waals surface area contributed by atoms with E-state index in [4.69, 9.17) is 5.11 Å². The highest BCUT2D eigenvalue weighted by Crippen LogP contribution is 2.20. The summed E-state index contributed by atoms with van der Waals surface area (Å²) in [5.74, 6) is -0.427. The van der Waals surface area contributed by atoms with E-state index in [0.717, 1.165) is 10.5 Å². The Balaban J connectivity index is 1.84. The van der Waals surface area contributed by atoms with Crippen LogP contribution in [0.2, 0.25) is 0 Å². The first-order valence-electron chi connectivity index (χ1n) is 6.53. The quantitative estimate of drug-likeness (QED) is 0.876. The molecule has 2 rings (SSSR count). The molecule has 2 amide bonds. The number of carboxylic acid groups (broad SMARTS) is 1. The number of nitrogens with one attached hydrogen (secondary N) is 1. The van der Waals surface area contributed by atoms with Crippen molar-refractivity contribution in [1.29, 1.82) is 0 Å². The Hall–Kier alpha value is -2.11. The standard InChI is InChI=1S/C14H17FN2O3/c15-11-8-12(17(9-11)14(19)20)13(18)16-7-6-10-4-2-1-3-5-10/h1-5,11-12H,6-9H2,(H,16,18)(H,19,20)/t11-,12+/m1/s1. The summed E-state index contributed by atoms with van der Waals surface area (Å²) in [6.45, 7) is 0.176. The number of carbonyl (C=O) groups excluding carboxylic acids is 1. The van der Waals surface area contributed by atoms with E-state index >= 15 is 0 Å². The van der Waals surface area contributed by atoms with Crippen molar-refractivity contribution >= 4 is 12.0 Å². The number of carbonyl (C=O) groups is 2. The van der Waals surface area contributed by atoms with Crippen molar-refractivity contribution in [2.24, 2.45) is 0 Å². The fourth-order valence-electron chi connectivity index (χ4n) is 2.34. The summed E-state index contributed by atoms with van der Waals surface area (Å²) in [7, 11) is 0. The van der Waals surface area contributed by atoms with Crippen LogP contribution in [-0.4, -0.2) is 47.3 Å². The van der Waals surface area contributed by atoms with Gasteiger partial charge in [0.25, 0.3) is 0 Å². The molecule has 1 saturated heterocycles. The molecule has 0 aromatic heterocycles. The van der Waals surface area contributed by atoms with Crippen LogP contribution in [0.4, 0.5) is 9.18 Å². The van der Waals surface area contributed by atoms with E-state index in [-0.39, 0.29) is 13.0 Å². The monoisotopic (exact) mass is 280 g/mol. The Morgan fingerprint density at radius 1 is 1.35 bits per heavy atom. The van der Waals surface area contributed by atoms with Crippen LogP contribution in [0, 0.1) is 0 Å². The first-order chi connectivity index (χ1) is 9.58. The number of halogens is 1. The van der Waals surface area contributed by atoms with Crippen LogP contribution in [-0.2, 0) is 11.2 Å². The molecule has 1 aromatic carbocycles. The van der Waals surface area contributed by atoms with Crippen molar-refractivity contribution in [2.75, 3.05) is 13.1 Å². The van der Waals surface area contributed by atoms with Gasteiger partial charge in [0.15, 0.2) is 0 Å². The molecule has 1 fully saturated rings. The van der Waals surface area contributed by atoms with E-state index in [0.29, 0.717) is 13.0 Å². The van der Waals surface area contributed by atoms with Gasteiger partial charge in [-0.3, -0.25) is 9.69 Å². The third-order valence-electron chi connectivity index (χ3n) is 3.35. The molecule has 0 bridgehead atoms. The highest BCUT2D eigenvalue weighted by Gasteiger charge is 2.39. The van der Waals surface area contributed by atoms with Gasteiger partial charge in [-0.15, -0.1) is 0 Å². The second kappa shape index (κ2) is 6.36. The van der Waals surface area contributed by atoms with E-state index in [1.807, 2.05) is 30.3 Å². The van der Waals surface area contributed by atoms with Gasteiger partial charge in [0.2, 0.25) is 5.91 Å². The first kappa shape index (κ1) is 14.3. The fraction of sp³-hybridized carbons (Fsp3) is 0.429. The molecule has 0 spiro atoms. The molecule has 1 aromatic rings. The summed E-state index contributed by atoms with van der Waals surface area (Å²) in [4.78, 5) is 23.7. The van der Waals surface area contributed by atoms with Crippen molar-refractivity contribution < 1.29 is 19.1 Å². The summed E-state index contributed by atoms with van der Waals surface area (Å²) in [5.41, 5.74) is 1.08. The third kappa shape index (κ3) is 3.46. The SMILES string of the molecule is O=C(NCCc1ccccc1)[C@@H]1C[C@@H](F)CN1C(=O)O. The normalized spacial score (nSPS) is 21.8. The Morgan fingerprint density at radius 2 is 2.05 bits per heavy atom. The zero-order chi connectivity index (χ0) is 14.5. The van der Waals surface area contributed by atoms with E-state index in [1.165, 1.54) is 0 Å². The first-order valence-corrected chi connectivity index (χ1v) is 6.53. The molecule has 0 aliphatic carbocycles. The highest BCUT2D eigenvalue weighted by molar-refractivity contribution is 5.85.